The number of non-ortho nitro benzene ring substituents is 1. The van der Waals surface area contributed by atoms with Crippen LogP contribution in [0, 0.1) is 39.2 Å². The predicted molar refractivity (Wildman–Crippen MR) is 108 cm³/mol. The number of para-hydroxylation sites is 1. The normalized spacial score (nSPS) is 10.5. The van der Waals surface area contributed by atoms with Gasteiger partial charge in [0.1, 0.15) is 12.2 Å². The molecular formula is C21H12F5N3O5. The van der Waals surface area contributed by atoms with Crippen LogP contribution in [0.2, 0.25) is 0 Å². The minimum Gasteiger partial charge on any atom is -0.457 e. The van der Waals surface area contributed by atoms with Gasteiger partial charge in [0.25, 0.3) is 5.69 Å². The molecule has 0 aliphatic rings. The van der Waals surface area contributed by atoms with E-state index in [0.29, 0.717) is 0 Å². The molecule has 0 aliphatic carbocycles. The molecule has 176 valence electrons. The molecular weight excluding hydrogens is 469 g/mol. The number of esters is 1. The lowest BCUT2D eigenvalue weighted by Crippen LogP contribution is -2.20. The fourth-order valence-electron chi connectivity index (χ4n) is 2.72. The Hall–Kier alpha value is -4.55. The maximum Gasteiger partial charge on any atom is 0.344 e. The number of ether oxygens (including phenoxy) is 1. The highest BCUT2D eigenvalue weighted by atomic mass is 19.2. The van der Waals surface area contributed by atoms with Gasteiger partial charge in [-0.25, -0.2) is 31.5 Å². The Morgan fingerprint density at radius 1 is 0.824 bits per heavy atom. The predicted octanol–water partition coefficient (Wildman–Crippen LogP) is 5.29. The van der Waals surface area contributed by atoms with E-state index in [1.54, 1.807) is 0 Å². The Balaban J connectivity index is 1.71. The zero-order chi connectivity index (χ0) is 25.0. The highest BCUT2D eigenvalue weighted by molar-refractivity contribution is 6.00. The number of urea groups is 1. The standard InChI is InChI=1S/C21H12F5N3O5/c22-15-14(16(23)18(25)19(26)17(15)24)20(30)34-9-10-3-1-2-4-13(10)28-21(31)27-11-5-7-12(8-6-11)29(32)33/h1-8H,9H2,(H2,27,28,31). The van der Waals surface area contributed by atoms with Crippen LogP contribution in [0.15, 0.2) is 48.5 Å². The molecule has 0 saturated heterocycles. The van der Waals surface area contributed by atoms with Gasteiger partial charge in [0.15, 0.2) is 23.3 Å². The molecule has 3 aromatic carbocycles. The number of hydrogen-bond acceptors (Lipinski definition) is 5. The van der Waals surface area contributed by atoms with Gasteiger partial charge < -0.3 is 15.4 Å². The number of halogens is 5. The summed E-state index contributed by atoms with van der Waals surface area (Å²) in [5.41, 5.74) is -1.51. The molecule has 0 radical (unpaired) electrons. The van der Waals surface area contributed by atoms with Gasteiger partial charge in [0, 0.05) is 29.1 Å². The van der Waals surface area contributed by atoms with Crippen LogP contribution in [0.4, 0.5) is 43.8 Å². The third-order valence-electron chi connectivity index (χ3n) is 4.37. The molecule has 3 aromatic rings. The van der Waals surface area contributed by atoms with Crippen molar-refractivity contribution in [3.63, 3.8) is 0 Å². The van der Waals surface area contributed by atoms with Crippen molar-refractivity contribution in [2.75, 3.05) is 10.6 Å². The first kappa shape index (κ1) is 24.1. The van der Waals surface area contributed by atoms with Crippen molar-refractivity contribution in [1.82, 2.24) is 0 Å². The summed E-state index contributed by atoms with van der Waals surface area (Å²) >= 11 is 0. The van der Waals surface area contributed by atoms with Gasteiger partial charge in [-0.05, 0) is 18.2 Å². The molecule has 0 bridgehead atoms. The van der Waals surface area contributed by atoms with E-state index in [4.69, 9.17) is 4.74 Å². The molecule has 0 unspecified atom stereocenters. The average molecular weight is 481 g/mol. The number of amides is 2. The van der Waals surface area contributed by atoms with Gasteiger partial charge in [-0.1, -0.05) is 18.2 Å². The monoisotopic (exact) mass is 481 g/mol. The van der Waals surface area contributed by atoms with Crippen molar-refractivity contribution in [3.8, 4) is 0 Å². The Labute approximate surface area is 187 Å². The molecule has 0 fully saturated rings. The van der Waals surface area contributed by atoms with Gasteiger partial charge in [0.2, 0.25) is 5.82 Å². The molecule has 0 atom stereocenters. The van der Waals surface area contributed by atoms with Crippen LogP contribution >= 0.6 is 0 Å². The van der Waals surface area contributed by atoms with E-state index in [9.17, 15) is 41.7 Å². The fraction of sp³-hybridized carbons (Fsp3) is 0.0476. The zero-order valence-electron chi connectivity index (χ0n) is 16.7. The summed E-state index contributed by atoms with van der Waals surface area (Å²) in [5.74, 6) is -13.5. The Kier molecular flexibility index (Phi) is 7.04. The fourth-order valence-corrected chi connectivity index (χ4v) is 2.72. The molecule has 8 nitrogen and oxygen atoms in total. The molecule has 13 heteroatoms. The summed E-state index contributed by atoms with van der Waals surface area (Å²) in [5, 5.41) is 15.5. The number of carbonyl (C=O) groups excluding carboxylic acids is 2. The van der Waals surface area contributed by atoms with E-state index in [0.717, 1.165) is 0 Å². The number of benzene rings is 3. The van der Waals surface area contributed by atoms with Crippen LogP contribution in [0.25, 0.3) is 0 Å². The Morgan fingerprint density at radius 2 is 1.38 bits per heavy atom. The highest BCUT2D eigenvalue weighted by Crippen LogP contribution is 2.25. The van der Waals surface area contributed by atoms with Crippen LogP contribution in [-0.4, -0.2) is 16.9 Å². The van der Waals surface area contributed by atoms with Gasteiger partial charge >= 0.3 is 12.0 Å². The first-order valence-corrected chi connectivity index (χ1v) is 9.19. The van der Waals surface area contributed by atoms with Gasteiger partial charge in [0.05, 0.1) is 4.92 Å². The van der Waals surface area contributed by atoms with Crippen molar-refractivity contribution < 1.29 is 41.2 Å². The smallest absolute Gasteiger partial charge is 0.344 e. The summed E-state index contributed by atoms with van der Waals surface area (Å²) in [6.45, 7) is -0.688. The zero-order valence-corrected chi connectivity index (χ0v) is 16.7. The summed E-state index contributed by atoms with van der Waals surface area (Å²) in [6.07, 6.45) is 0. The van der Waals surface area contributed by atoms with E-state index in [1.807, 2.05) is 0 Å². The number of nitro benzene ring substituents is 1. The van der Waals surface area contributed by atoms with E-state index in [1.165, 1.54) is 48.5 Å². The van der Waals surface area contributed by atoms with Crippen LogP contribution in [0.5, 0.6) is 0 Å². The number of anilines is 2. The van der Waals surface area contributed by atoms with Crippen LogP contribution < -0.4 is 10.6 Å². The summed E-state index contributed by atoms with van der Waals surface area (Å²) in [7, 11) is 0. The first-order chi connectivity index (χ1) is 16.1. The largest absolute Gasteiger partial charge is 0.457 e. The van der Waals surface area contributed by atoms with Gasteiger partial charge in [-0.15, -0.1) is 0 Å². The summed E-state index contributed by atoms with van der Waals surface area (Å²) in [4.78, 5) is 34.3. The first-order valence-electron chi connectivity index (χ1n) is 9.19. The minimum absolute atomic E-state index is 0.0899. The second kappa shape index (κ2) is 9.94. The molecule has 0 aliphatic heterocycles. The van der Waals surface area contributed by atoms with E-state index >= 15 is 0 Å². The molecule has 0 aromatic heterocycles. The summed E-state index contributed by atoms with van der Waals surface area (Å²) in [6, 6.07) is 9.85. The third kappa shape index (κ3) is 5.09. The SMILES string of the molecule is O=C(Nc1ccc([N+](=O)[O-])cc1)Nc1ccccc1COC(=O)c1c(F)c(F)c(F)c(F)c1F. The maximum absolute atomic E-state index is 13.8. The van der Waals surface area contributed by atoms with Crippen molar-refractivity contribution in [1.29, 1.82) is 0 Å². The van der Waals surface area contributed by atoms with Gasteiger partial charge in [-0.3, -0.25) is 10.1 Å². The molecule has 0 saturated carbocycles. The number of carbonyl (C=O) groups is 2. The van der Waals surface area contributed by atoms with Gasteiger partial charge in [-0.2, -0.15) is 0 Å². The molecule has 0 spiro atoms. The molecule has 34 heavy (non-hydrogen) atoms. The topological polar surface area (TPSA) is 111 Å². The van der Waals surface area contributed by atoms with E-state index in [-0.39, 0.29) is 22.6 Å². The maximum atomic E-state index is 13.8. The van der Waals surface area contributed by atoms with Crippen molar-refractivity contribution in [3.05, 3.63) is 98.9 Å². The lowest BCUT2D eigenvalue weighted by atomic mass is 10.1. The van der Waals surface area contributed by atoms with Crippen molar-refractivity contribution >= 4 is 29.1 Å². The lowest BCUT2D eigenvalue weighted by molar-refractivity contribution is -0.384. The number of nitrogens with one attached hydrogen (secondary N) is 2. The quantitative estimate of drug-likeness (QED) is 0.124. The lowest BCUT2D eigenvalue weighted by Gasteiger charge is -2.13. The number of nitrogens with zero attached hydrogens (tertiary/aromatic N) is 1. The Bertz CT molecular complexity index is 1260. The van der Waals surface area contributed by atoms with E-state index in [2.05, 4.69) is 10.6 Å². The van der Waals surface area contributed by atoms with Crippen molar-refractivity contribution in [2.45, 2.75) is 6.61 Å². The summed E-state index contributed by atoms with van der Waals surface area (Å²) < 4.78 is 72.0. The van der Waals surface area contributed by atoms with Crippen LogP contribution in [0.3, 0.4) is 0 Å². The number of rotatable bonds is 6. The molecule has 2 amide bonds. The number of nitro groups is 1. The Morgan fingerprint density at radius 3 is 1.97 bits per heavy atom. The average Bonchev–Trinajstić information content (AvgIpc) is 2.81. The highest BCUT2D eigenvalue weighted by Gasteiger charge is 2.30. The minimum atomic E-state index is -2.42. The van der Waals surface area contributed by atoms with Crippen LogP contribution in [-0.2, 0) is 11.3 Å². The second-order valence-corrected chi connectivity index (χ2v) is 6.56. The molecule has 0 heterocycles. The molecule has 3 rings (SSSR count). The second-order valence-electron chi connectivity index (χ2n) is 6.56. The van der Waals surface area contributed by atoms with E-state index < -0.39 is 58.2 Å². The van der Waals surface area contributed by atoms with Crippen molar-refractivity contribution in [2.24, 2.45) is 0 Å². The van der Waals surface area contributed by atoms with Crippen LogP contribution in [0.1, 0.15) is 15.9 Å². The third-order valence-corrected chi connectivity index (χ3v) is 4.37. The molecule has 2 N–H and O–H groups in total. The number of hydrogen-bond donors (Lipinski definition) is 2.